The molecule has 0 unspecified atom stereocenters. The Balaban J connectivity index is 1.69. The summed E-state index contributed by atoms with van der Waals surface area (Å²) in [5, 5.41) is 4.46. The van der Waals surface area contributed by atoms with E-state index in [0.717, 1.165) is 5.56 Å². The summed E-state index contributed by atoms with van der Waals surface area (Å²) in [5.74, 6) is -0.248. The van der Waals surface area contributed by atoms with Crippen LogP contribution in [-0.4, -0.2) is 60.5 Å². The van der Waals surface area contributed by atoms with Gasteiger partial charge in [-0.3, -0.25) is 14.5 Å². The Morgan fingerprint density at radius 2 is 1.88 bits per heavy atom. The summed E-state index contributed by atoms with van der Waals surface area (Å²) in [6, 6.07) is 9.65. The summed E-state index contributed by atoms with van der Waals surface area (Å²) < 4.78 is 6.06. The second-order valence-electron chi connectivity index (χ2n) is 6.13. The average molecular weight is 377 g/mol. The van der Waals surface area contributed by atoms with Crippen molar-refractivity contribution in [3.05, 3.63) is 57.5 Å². The molecule has 2 heterocycles. The molecule has 0 radical (unpaired) electrons. The largest absolute Gasteiger partial charge is 0.468 e. The number of carbonyl (C=O) groups excluding carboxylic acids is 1. The third kappa shape index (κ3) is 4.23. The van der Waals surface area contributed by atoms with Crippen LogP contribution in [0.5, 0.6) is 0 Å². The van der Waals surface area contributed by atoms with Crippen molar-refractivity contribution in [3.63, 3.8) is 0 Å². The molecule has 26 heavy (non-hydrogen) atoms. The number of methoxy groups -OCH3 is 1. The monoisotopic (exact) mass is 376 g/mol. The van der Waals surface area contributed by atoms with Gasteiger partial charge in [0.1, 0.15) is 5.02 Å². The number of piperazine rings is 1. The summed E-state index contributed by atoms with van der Waals surface area (Å²) >= 11 is 6.34. The standard InChI is InChI=1S/C18H21ClN4O3/c1-26-16(24)13-21-7-9-22(10-8-21)15-11-20-23(18(25)17(15)19)12-14-5-3-2-4-6-14/h2-6,11H,7-10,12-13H2,1H3. The minimum absolute atomic E-state index is 0.178. The molecule has 3 rings (SSSR count). The van der Waals surface area contributed by atoms with E-state index in [9.17, 15) is 9.59 Å². The fraction of sp³-hybridized carbons (Fsp3) is 0.389. The lowest BCUT2D eigenvalue weighted by Crippen LogP contribution is -2.48. The van der Waals surface area contributed by atoms with E-state index in [0.29, 0.717) is 38.4 Å². The van der Waals surface area contributed by atoms with Crippen LogP contribution in [0.25, 0.3) is 0 Å². The molecule has 8 heteroatoms. The van der Waals surface area contributed by atoms with Crippen LogP contribution in [0.15, 0.2) is 41.3 Å². The smallest absolute Gasteiger partial charge is 0.319 e. The van der Waals surface area contributed by atoms with E-state index in [4.69, 9.17) is 16.3 Å². The van der Waals surface area contributed by atoms with E-state index in [2.05, 4.69) is 5.10 Å². The molecule has 0 saturated carbocycles. The lowest BCUT2D eigenvalue weighted by Gasteiger charge is -2.35. The van der Waals surface area contributed by atoms with Crippen LogP contribution in [0.2, 0.25) is 5.02 Å². The highest BCUT2D eigenvalue weighted by molar-refractivity contribution is 6.33. The highest BCUT2D eigenvalue weighted by Crippen LogP contribution is 2.22. The van der Waals surface area contributed by atoms with Crippen molar-refractivity contribution in [1.82, 2.24) is 14.7 Å². The molecule has 1 aliphatic rings. The number of halogens is 1. The maximum atomic E-state index is 12.6. The summed E-state index contributed by atoms with van der Waals surface area (Å²) in [7, 11) is 1.38. The minimum atomic E-state index is -0.301. The van der Waals surface area contributed by atoms with Crippen molar-refractivity contribution >= 4 is 23.3 Å². The van der Waals surface area contributed by atoms with Gasteiger partial charge in [0.05, 0.1) is 32.1 Å². The first-order valence-corrected chi connectivity index (χ1v) is 8.80. The number of rotatable bonds is 5. The van der Waals surface area contributed by atoms with Gasteiger partial charge in [-0.15, -0.1) is 0 Å². The van der Waals surface area contributed by atoms with Crippen LogP contribution in [0.3, 0.4) is 0 Å². The van der Waals surface area contributed by atoms with Crippen molar-refractivity contribution in [2.75, 3.05) is 44.7 Å². The molecule has 0 amide bonds. The molecule has 1 fully saturated rings. The molecular formula is C18H21ClN4O3. The van der Waals surface area contributed by atoms with E-state index in [1.165, 1.54) is 11.8 Å². The molecule has 1 aliphatic heterocycles. The Kier molecular flexibility index (Phi) is 5.90. The van der Waals surface area contributed by atoms with Crippen LogP contribution in [-0.2, 0) is 16.1 Å². The molecule has 0 N–H and O–H groups in total. The van der Waals surface area contributed by atoms with Gasteiger partial charge in [0.15, 0.2) is 0 Å². The third-order valence-corrected chi connectivity index (χ3v) is 4.79. The molecule has 7 nitrogen and oxygen atoms in total. The third-order valence-electron chi connectivity index (χ3n) is 4.44. The van der Waals surface area contributed by atoms with Crippen molar-refractivity contribution in [2.24, 2.45) is 0 Å². The second kappa shape index (κ2) is 8.33. The van der Waals surface area contributed by atoms with Crippen molar-refractivity contribution < 1.29 is 9.53 Å². The van der Waals surface area contributed by atoms with Crippen LogP contribution in [0.4, 0.5) is 5.69 Å². The number of anilines is 1. The number of carbonyl (C=O) groups is 1. The first kappa shape index (κ1) is 18.4. The average Bonchev–Trinajstić information content (AvgIpc) is 2.67. The zero-order chi connectivity index (χ0) is 18.5. The van der Waals surface area contributed by atoms with E-state index in [1.54, 1.807) is 6.20 Å². The number of benzene rings is 1. The van der Waals surface area contributed by atoms with Gasteiger partial charge in [0.25, 0.3) is 5.56 Å². The second-order valence-corrected chi connectivity index (χ2v) is 6.51. The van der Waals surface area contributed by atoms with Gasteiger partial charge in [-0.1, -0.05) is 41.9 Å². The molecule has 0 bridgehead atoms. The first-order chi connectivity index (χ1) is 12.6. The molecule has 0 aliphatic carbocycles. The first-order valence-electron chi connectivity index (χ1n) is 8.42. The van der Waals surface area contributed by atoms with Crippen molar-refractivity contribution in [2.45, 2.75) is 6.54 Å². The Hall–Kier alpha value is -2.38. The van der Waals surface area contributed by atoms with E-state index in [1.807, 2.05) is 40.1 Å². The van der Waals surface area contributed by atoms with Crippen molar-refractivity contribution in [3.8, 4) is 0 Å². The van der Waals surface area contributed by atoms with Gasteiger partial charge in [0.2, 0.25) is 0 Å². The van der Waals surface area contributed by atoms with Crippen LogP contribution in [0.1, 0.15) is 5.56 Å². The maximum Gasteiger partial charge on any atom is 0.319 e. The van der Waals surface area contributed by atoms with Crippen LogP contribution >= 0.6 is 11.6 Å². The summed E-state index contributed by atoms with van der Waals surface area (Å²) in [4.78, 5) is 28.0. The van der Waals surface area contributed by atoms with Gasteiger partial charge < -0.3 is 9.64 Å². The van der Waals surface area contributed by atoms with Crippen molar-refractivity contribution in [1.29, 1.82) is 0 Å². The molecule has 138 valence electrons. The molecule has 0 spiro atoms. The van der Waals surface area contributed by atoms with Crippen LogP contribution < -0.4 is 10.5 Å². The highest BCUT2D eigenvalue weighted by Gasteiger charge is 2.22. The number of esters is 1. The van der Waals surface area contributed by atoms with Crippen LogP contribution in [0, 0.1) is 0 Å². The highest BCUT2D eigenvalue weighted by atomic mass is 35.5. The number of hydrogen-bond donors (Lipinski definition) is 0. The number of nitrogens with zero attached hydrogens (tertiary/aromatic N) is 4. The molecular weight excluding hydrogens is 356 g/mol. The van der Waals surface area contributed by atoms with Gasteiger partial charge in [-0.2, -0.15) is 5.10 Å². The molecule has 1 aromatic carbocycles. The number of ether oxygens (including phenoxy) is 1. The normalized spacial score (nSPS) is 15.1. The maximum absolute atomic E-state index is 12.6. The molecule has 0 atom stereocenters. The van der Waals surface area contributed by atoms with E-state index >= 15 is 0 Å². The zero-order valence-corrected chi connectivity index (χ0v) is 15.4. The predicted molar refractivity (Wildman–Crippen MR) is 99.7 cm³/mol. The lowest BCUT2D eigenvalue weighted by atomic mass is 10.2. The van der Waals surface area contributed by atoms with E-state index < -0.39 is 0 Å². The fourth-order valence-corrected chi connectivity index (χ4v) is 3.21. The SMILES string of the molecule is COC(=O)CN1CCN(c2cnn(Cc3ccccc3)c(=O)c2Cl)CC1. The molecule has 2 aromatic rings. The summed E-state index contributed by atoms with van der Waals surface area (Å²) in [6.07, 6.45) is 1.64. The Bertz CT molecular complexity index is 817. The Morgan fingerprint density at radius 3 is 2.54 bits per heavy atom. The lowest BCUT2D eigenvalue weighted by molar-refractivity contribution is -0.142. The van der Waals surface area contributed by atoms with Gasteiger partial charge in [0, 0.05) is 26.2 Å². The summed E-state index contributed by atoms with van der Waals surface area (Å²) in [6.45, 7) is 3.37. The zero-order valence-electron chi connectivity index (χ0n) is 14.6. The molecule has 1 saturated heterocycles. The fourth-order valence-electron chi connectivity index (χ4n) is 2.94. The predicted octanol–water partition coefficient (Wildman–Crippen LogP) is 1.24. The minimum Gasteiger partial charge on any atom is -0.468 e. The molecule has 1 aromatic heterocycles. The Morgan fingerprint density at radius 1 is 1.19 bits per heavy atom. The van der Waals surface area contributed by atoms with Gasteiger partial charge >= 0.3 is 5.97 Å². The summed E-state index contributed by atoms with van der Waals surface area (Å²) in [5.41, 5.74) is 1.33. The topological polar surface area (TPSA) is 67.7 Å². The Labute approximate surface area is 156 Å². The quantitative estimate of drug-likeness (QED) is 0.731. The van der Waals surface area contributed by atoms with E-state index in [-0.39, 0.29) is 23.1 Å². The number of hydrogen-bond acceptors (Lipinski definition) is 6. The van der Waals surface area contributed by atoms with Gasteiger partial charge in [-0.25, -0.2) is 4.68 Å². The number of aromatic nitrogens is 2. The van der Waals surface area contributed by atoms with Gasteiger partial charge in [-0.05, 0) is 5.56 Å².